The summed E-state index contributed by atoms with van der Waals surface area (Å²) >= 11 is 0. The second-order valence-corrected chi connectivity index (χ2v) is 6.39. The molecular formula is C15H27N3O3. The minimum Gasteiger partial charge on any atom is -0.469 e. The molecule has 0 spiro atoms. The van der Waals surface area contributed by atoms with Crippen molar-refractivity contribution in [2.75, 3.05) is 46.4 Å². The van der Waals surface area contributed by atoms with Crippen molar-refractivity contribution < 1.29 is 14.3 Å². The second kappa shape index (κ2) is 6.75. The van der Waals surface area contributed by atoms with Crippen LogP contribution in [0.25, 0.3) is 0 Å². The van der Waals surface area contributed by atoms with Crippen LogP contribution in [0.1, 0.15) is 26.7 Å². The maximum atomic E-state index is 12.8. The van der Waals surface area contributed by atoms with Crippen LogP contribution in [0.2, 0.25) is 0 Å². The van der Waals surface area contributed by atoms with E-state index in [-0.39, 0.29) is 17.8 Å². The molecule has 6 nitrogen and oxygen atoms in total. The Kier molecular flexibility index (Phi) is 5.22. The standard InChI is InChI=1S/C15H27N3O3/c1-15(2,18-10-6-16-7-11-18)14(20)17-8-4-12(5-9-17)13(19)21-3/h12,16H,4-11H2,1-3H3. The minimum atomic E-state index is -0.472. The van der Waals surface area contributed by atoms with Crippen molar-refractivity contribution in [3.8, 4) is 0 Å². The van der Waals surface area contributed by atoms with Gasteiger partial charge in [0, 0.05) is 39.3 Å². The van der Waals surface area contributed by atoms with Gasteiger partial charge in [0.2, 0.25) is 5.91 Å². The summed E-state index contributed by atoms with van der Waals surface area (Å²) in [5.74, 6) is -0.0301. The van der Waals surface area contributed by atoms with Crippen LogP contribution in [-0.2, 0) is 14.3 Å². The highest BCUT2D eigenvalue weighted by molar-refractivity contribution is 5.86. The van der Waals surface area contributed by atoms with Crippen molar-refractivity contribution in [3.05, 3.63) is 0 Å². The van der Waals surface area contributed by atoms with Crippen LogP contribution in [0.3, 0.4) is 0 Å². The number of nitrogens with zero attached hydrogens (tertiary/aromatic N) is 2. The molecular weight excluding hydrogens is 270 g/mol. The van der Waals surface area contributed by atoms with Gasteiger partial charge >= 0.3 is 5.97 Å². The maximum absolute atomic E-state index is 12.8. The highest BCUT2D eigenvalue weighted by Gasteiger charge is 2.39. The molecule has 0 aromatic rings. The molecule has 2 heterocycles. The highest BCUT2D eigenvalue weighted by atomic mass is 16.5. The topological polar surface area (TPSA) is 61.9 Å². The lowest BCUT2D eigenvalue weighted by molar-refractivity contribution is -0.151. The first-order valence-corrected chi connectivity index (χ1v) is 7.80. The molecule has 2 rings (SSSR count). The molecule has 2 saturated heterocycles. The summed E-state index contributed by atoms with van der Waals surface area (Å²) in [5, 5.41) is 3.31. The van der Waals surface area contributed by atoms with Crippen molar-refractivity contribution in [1.29, 1.82) is 0 Å². The number of likely N-dealkylation sites (tertiary alicyclic amines) is 1. The van der Waals surface area contributed by atoms with Gasteiger partial charge in [-0.2, -0.15) is 0 Å². The summed E-state index contributed by atoms with van der Waals surface area (Å²) in [6.45, 7) is 8.97. The molecule has 0 bridgehead atoms. The Balaban J connectivity index is 1.92. The number of methoxy groups -OCH3 is 1. The van der Waals surface area contributed by atoms with Gasteiger partial charge in [0.1, 0.15) is 0 Å². The van der Waals surface area contributed by atoms with Crippen LogP contribution in [0.4, 0.5) is 0 Å². The highest BCUT2D eigenvalue weighted by Crippen LogP contribution is 2.24. The first kappa shape index (κ1) is 16.2. The van der Waals surface area contributed by atoms with Crippen molar-refractivity contribution in [2.45, 2.75) is 32.2 Å². The molecule has 0 atom stereocenters. The van der Waals surface area contributed by atoms with E-state index in [1.807, 2.05) is 18.7 Å². The SMILES string of the molecule is COC(=O)C1CCN(C(=O)C(C)(C)N2CCNCC2)CC1. The average molecular weight is 297 g/mol. The van der Waals surface area contributed by atoms with Gasteiger partial charge in [-0.1, -0.05) is 0 Å². The summed E-state index contributed by atoms with van der Waals surface area (Å²) in [6, 6.07) is 0. The molecule has 120 valence electrons. The molecule has 0 radical (unpaired) electrons. The molecule has 2 aliphatic heterocycles. The zero-order chi connectivity index (χ0) is 15.5. The Hall–Kier alpha value is -1.14. The molecule has 2 fully saturated rings. The van der Waals surface area contributed by atoms with Crippen LogP contribution < -0.4 is 5.32 Å². The van der Waals surface area contributed by atoms with Crippen LogP contribution in [0.15, 0.2) is 0 Å². The van der Waals surface area contributed by atoms with E-state index in [2.05, 4.69) is 10.2 Å². The number of ether oxygens (including phenoxy) is 1. The van der Waals surface area contributed by atoms with Gasteiger partial charge in [0.05, 0.1) is 18.6 Å². The number of piperazine rings is 1. The summed E-state index contributed by atoms with van der Waals surface area (Å²) in [6.07, 6.45) is 1.41. The number of hydrogen-bond acceptors (Lipinski definition) is 5. The van der Waals surface area contributed by atoms with E-state index in [1.54, 1.807) is 0 Å². The van der Waals surface area contributed by atoms with E-state index < -0.39 is 5.54 Å². The fourth-order valence-electron chi connectivity index (χ4n) is 3.23. The van der Waals surface area contributed by atoms with Gasteiger partial charge in [0.25, 0.3) is 0 Å². The molecule has 0 aliphatic carbocycles. The predicted octanol–water partition coefficient (Wildman–Crippen LogP) is 0.0818. The van der Waals surface area contributed by atoms with E-state index in [0.29, 0.717) is 25.9 Å². The maximum Gasteiger partial charge on any atom is 0.308 e. The van der Waals surface area contributed by atoms with Gasteiger partial charge in [-0.25, -0.2) is 0 Å². The molecule has 0 unspecified atom stereocenters. The Bertz CT molecular complexity index is 384. The number of amides is 1. The monoisotopic (exact) mass is 297 g/mol. The molecule has 0 saturated carbocycles. The Labute approximate surface area is 126 Å². The smallest absolute Gasteiger partial charge is 0.308 e. The van der Waals surface area contributed by atoms with Crippen molar-refractivity contribution in [3.63, 3.8) is 0 Å². The van der Waals surface area contributed by atoms with Gasteiger partial charge < -0.3 is 15.0 Å². The van der Waals surface area contributed by atoms with E-state index >= 15 is 0 Å². The van der Waals surface area contributed by atoms with Crippen LogP contribution in [-0.4, -0.2) is 73.6 Å². The first-order chi connectivity index (χ1) is 9.96. The van der Waals surface area contributed by atoms with Crippen molar-refractivity contribution in [1.82, 2.24) is 15.1 Å². The number of esters is 1. The van der Waals surface area contributed by atoms with Crippen molar-refractivity contribution >= 4 is 11.9 Å². The minimum absolute atomic E-state index is 0.0543. The molecule has 0 aromatic heterocycles. The number of hydrogen-bond donors (Lipinski definition) is 1. The zero-order valence-electron chi connectivity index (χ0n) is 13.4. The quantitative estimate of drug-likeness (QED) is 0.748. The number of nitrogens with one attached hydrogen (secondary N) is 1. The van der Waals surface area contributed by atoms with E-state index in [1.165, 1.54) is 7.11 Å². The van der Waals surface area contributed by atoms with Crippen LogP contribution in [0.5, 0.6) is 0 Å². The zero-order valence-corrected chi connectivity index (χ0v) is 13.4. The van der Waals surface area contributed by atoms with Crippen LogP contribution in [0, 0.1) is 5.92 Å². The van der Waals surface area contributed by atoms with E-state index in [4.69, 9.17) is 4.74 Å². The van der Waals surface area contributed by atoms with Gasteiger partial charge in [0.15, 0.2) is 0 Å². The summed E-state index contributed by atoms with van der Waals surface area (Å²) in [5.41, 5.74) is -0.472. The number of carbonyl (C=O) groups excluding carboxylic acids is 2. The number of piperidine rings is 1. The first-order valence-electron chi connectivity index (χ1n) is 7.80. The van der Waals surface area contributed by atoms with Gasteiger partial charge in [-0.3, -0.25) is 14.5 Å². The Morgan fingerprint density at radius 1 is 1.10 bits per heavy atom. The fourth-order valence-corrected chi connectivity index (χ4v) is 3.23. The summed E-state index contributed by atoms with van der Waals surface area (Å²) in [7, 11) is 1.42. The summed E-state index contributed by atoms with van der Waals surface area (Å²) < 4.78 is 4.79. The molecule has 1 amide bonds. The lowest BCUT2D eigenvalue weighted by Crippen LogP contribution is -2.61. The third-order valence-electron chi connectivity index (χ3n) is 4.75. The average Bonchev–Trinajstić information content (AvgIpc) is 2.54. The Morgan fingerprint density at radius 2 is 1.67 bits per heavy atom. The van der Waals surface area contributed by atoms with Gasteiger partial charge in [-0.15, -0.1) is 0 Å². The fraction of sp³-hybridized carbons (Fsp3) is 0.867. The lowest BCUT2D eigenvalue weighted by Gasteiger charge is -2.43. The second-order valence-electron chi connectivity index (χ2n) is 6.39. The molecule has 21 heavy (non-hydrogen) atoms. The van der Waals surface area contributed by atoms with Crippen LogP contribution >= 0.6 is 0 Å². The number of carbonyl (C=O) groups is 2. The molecule has 0 aromatic carbocycles. The molecule has 6 heteroatoms. The Morgan fingerprint density at radius 3 is 2.19 bits per heavy atom. The predicted molar refractivity (Wildman–Crippen MR) is 79.8 cm³/mol. The lowest BCUT2D eigenvalue weighted by atomic mass is 9.93. The van der Waals surface area contributed by atoms with Crippen molar-refractivity contribution in [2.24, 2.45) is 5.92 Å². The number of rotatable bonds is 3. The van der Waals surface area contributed by atoms with Gasteiger partial charge in [-0.05, 0) is 26.7 Å². The third-order valence-corrected chi connectivity index (χ3v) is 4.75. The third kappa shape index (κ3) is 3.55. The molecule has 1 N–H and O–H groups in total. The normalized spacial score (nSPS) is 22.1. The largest absolute Gasteiger partial charge is 0.469 e. The summed E-state index contributed by atoms with van der Waals surface area (Å²) in [4.78, 5) is 28.5. The van der Waals surface area contributed by atoms with E-state index in [9.17, 15) is 9.59 Å². The van der Waals surface area contributed by atoms with E-state index in [0.717, 1.165) is 26.2 Å². The molecule has 2 aliphatic rings.